The van der Waals surface area contributed by atoms with E-state index in [4.69, 9.17) is 20.9 Å². The van der Waals surface area contributed by atoms with E-state index in [2.05, 4.69) is 15.0 Å². The van der Waals surface area contributed by atoms with Crippen molar-refractivity contribution in [2.24, 2.45) is 0 Å². The lowest BCUT2D eigenvalue weighted by molar-refractivity contribution is -0.134. The van der Waals surface area contributed by atoms with E-state index in [0.717, 1.165) is 38.3 Å². The Labute approximate surface area is 163 Å². The van der Waals surface area contributed by atoms with E-state index in [-0.39, 0.29) is 11.8 Å². The summed E-state index contributed by atoms with van der Waals surface area (Å²) in [6, 6.07) is 7.59. The quantitative estimate of drug-likeness (QED) is 0.781. The molecule has 0 N–H and O–H groups in total. The molecule has 4 rings (SSSR count). The first-order valence-electron chi connectivity index (χ1n) is 9.32. The Hall–Kier alpha value is -1.96. The molecule has 2 aliphatic heterocycles. The number of morpholine rings is 1. The number of benzene rings is 1. The average Bonchev–Trinajstić information content (AvgIpc) is 3.14. The molecule has 1 amide bonds. The van der Waals surface area contributed by atoms with Crippen molar-refractivity contribution < 1.29 is 14.1 Å². The minimum absolute atomic E-state index is 0.0842. The third kappa shape index (κ3) is 4.66. The summed E-state index contributed by atoms with van der Waals surface area (Å²) in [5.41, 5.74) is 1.06. The van der Waals surface area contributed by atoms with Crippen molar-refractivity contribution >= 4 is 17.5 Å². The van der Waals surface area contributed by atoms with Crippen molar-refractivity contribution in [2.45, 2.75) is 31.8 Å². The second-order valence-electron chi connectivity index (χ2n) is 7.07. The number of hydrogen-bond donors (Lipinski definition) is 0. The number of halogens is 1. The van der Waals surface area contributed by atoms with Crippen LogP contribution in [0, 0.1) is 0 Å². The van der Waals surface area contributed by atoms with Crippen molar-refractivity contribution in [1.29, 1.82) is 0 Å². The lowest BCUT2D eigenvalue weighted by Gasteiger charge is -2.31. The van der Waals surface area contributed by atoms with Crippen molar-refractivity contribution in [3.05, 3.63) is 46.6 Å². The molecule has 0 aliphatic carbocycles. The highest BCUT2D eigenvalue weighted by atomic mass is 35.5. The topological polar surface area (TPSA) is 71.7 Å². The minimum atomic E-state index is 0.0842. The Kier molecular flexibility index (Phi) is 5.71. The number of piperidine rings is 1. The first kappa shape index (κ1) is 18.4. The molecular formula is C19H23ClN4O3. The first-order valence-corrected chi connectivity index (χ1v) is 9.70. The van der Waals surface area contributed by atoms with Gasteiger partial charge in [-0.1, -0.05) is 28.9 Å². The summed E-state index contributed by atoms with van der Waals surface area (Å²) in [7, 11) is 0. The molecule has 7 nitrogen and oxygen atoms in total. The van der Waals surface area contributed by atoms with Gasteiger partial charge in [-0.3, -0.25) is 9.69 Å². The van der Waals surface area contributed by atoms with Gasteiger partial charge in [0.25, 0.3) is 0 Å². The van der Waals surface area contributed by atoms with E-state index >= 15 is 0 Å². The Morgan fingerprint density at radius 2 is 1.93 bits per heavy atom. The van der Waals surface area contributed by atoms with Crippen LogP contribution in [0.1, 0.15) is 36.0 Å². The van der Waals surface area contributed by atoms with E-state index in [9.17, 15) is 4.79 Å². The predicted molar refractivity (Wildman–Crippen MR) is 99.2 cm³/mol. The van der Waals surface area contributed by atoms with Gasteiger partial charge in [0, 0.05) is 37.6 Å². The molecule has 144 valence electrons. The highest BCUT2D eigenvalue weighted by Crippen LogP contribution is 2.28. The van der Waals surface area contributed by atoms with Gasteiger partial charge in [0.15, 0.2) is 5.82 Å². The van der Waals surface area contributed by atoms with Crippen LogP contribution in [0.15, 0.2) is 28.8 Å². The van der Waals surface area contributed by atoms with E-state index in [1.165, 1.54) is 0 Å². The van der Waals surface area contributed by atoms with Crippen LogP contribution in [0.4, 0.5) is 0 Å². The number of aromatic nitrogens is 2. The number of carbonyl (C=O) groups is 1. The van der Waals surface area contributed by atoms with Crippen molar-refractivity contribution in [2.75, 3.05) is 32.8 Å². The monoisotopic (exact) mass is 390 g/mol. The third-order valence-corrected chi connectivity index (χ3v) is 5.34. The molecule has 0 saturated carbocycles. The molecule has 0 bridgehead atoms. The normalized spacial score (nSPS) is 21.6. The summed E-state index contributed by atoms with van der Waals surface area (Å²) in [5.74, 6) is 1.58. The lowest BCUT2D eigenvalue weighted by Crippen LogP contribution is -2.38. The minimum Gasteiger partial charge on any atom is -0.379 e. The lowest BCUT2D eigenvalue weighted by atomic mass is 9.97. The number of rotatable bonds is 5. The molecule has 2 aromatic rings. The summed E-state index contributed by atoms with van der Waals surface area (Å²) in [6.07, 6.45) is 1.24. The molecule has 0 unspecified atom stereocenters. The molecule has 1 aromatic heterocycles. The summed E-state index contributed by atoms with van der Waals surface area (Å²) in [4.78, 5) is 21.0. The number of nitrogens with zero attached hydrogens (tertiary/aromatic N) is 4. The predicted octanol–water partition coefficient (Wildman–Crippen LogP) is 2.46. The Bertz CT molecular complexity index is 774. The first-order chi connectivity index (χ1) is 13.2. The van der Waals surface area contributed by atoms with Crippen LogP contribution in [0.5, 0.6) is 0 Å². The SMILES string of the molecule is O=C1CC[C@@H](c2nc(CN3CCOCC3)no2)CN1Cc1ccc(Cl)cc1. The maximum absolute atomic E-state index is 12.3. The van der Waals surface area contributed by atoms with Gasteiger partial charge in [-0.15, -0.1) is 0 Å². The smallest absolute Gasteiger partial charge is 0.231 e. The Morgan fingerprint density at radius 3 is 2.70 bits per heavy atom. The van der Waals surface area contributed by atoms with E-state index in [1.54, 1.807) is 0 Å². The van der Waals surface area contributed by atoms with Gasteiger partial charge in [0.2, 0.25) is 11.8 Å². The van der Waals surface area contributed by atoms with Crippen LogP contribution in [0.2, 0.25) is 5.02 Å². The fourth-order valence-corrected chi connectivity index (χ4v) is 3.66. The number of carbonyl (C=O) groups excluding carboxylic acids is 1. The Balaban J connectivity index is 1.38. The zero-order chi connectivity index (χ0) is 18.6. The number of amides is 1. The highest BCUT2D eigenvalue weighted by molar-refractivity contribution is 6.30. The van der Waals surface area contributed by atoms with Gasteiger partial charge in [-0.25, -0.2) is 0 Å². The molecule has 1 atom stereocenters. The molecule has 2 fully saturated rings. The van der Waals surface area contributed by atoms with Crippen LogP contribution in [-0.4, -0.2) is 58.7 Å². The zero-order valence-corrected chi connectivity index (χ0v) is 15.9. The Morgan fingerprint density at radius 1 is 1.15 bits per heavy atom. The standard InChI is InChI=1S/C19H23ClN4O3/c20-16-4-1-14(2-5-16)11-24-12-15(3-6-18(24)25)19-21-17(22-27-19)13-23-7-9-26-10-8-23/h1-2,4-5,15H,3,6-13H2/t15-/m1/s1. The van der Waals surface area contributed by atoms with Crippen molar-refractivity contribution in [3.8, 4) is 0 Å². The number of hydrogen-bond acceptors (Lipinski definition) is 6. The van der Waals surface area contributed by atoms with E-state index in [0.29, 0.717) is 42.8 Å². The summed E-state index contributed by atoms with van der Waals surface area (Å²) in [6.45, 7) is 5.10. The fraction of sp³-hybridized carbons (Fsp3) is 0.526. The van der Waals surface area contributed by atoms with E-state index in [1.807, 2.05) is 29.2 Å². The van der Waals surface area contributed by atoms with Crippen LogP contribution in [0.3, 0.4) is 0 Å². The van der Waals surface area contributed by atoms with Gasteiger partial charge in [0.1, 0.15) is 0 Å². The zero-order valence-electron chi connectivity index (χ0n) is 15.1. The van der Waals surface area contributed by atoms with Crippen LogP contribution < -0.4 is 0 Å². The molecule has 1 aromatic carbocycles. The number of likely N-dealkylation sites (tertiary alicyclic amines) is 1. The largest absolute Gasteiger partial charge is 0.379 e. The second-order valence-corrected chi connectivity index (χ2v) is 7.51. The van der Waals surface area contributed by atoms with Crippen molar-refractivity contribution in [1.82, 2.24) is 19.9 Å². The van der Waals surface area contributed by atoms with Gasteiger partial charge >= 0.3 is 0 Å². The van der Waals surface area contributed by atoms with Crippen LogP contribution in [0.25, 0.3) is 0 Å². The summed E-state index contributed by atoms with van der Waals surface area (Å²) < 4.78 is 10.9. The summed E-state index contributed by atoms with van der Waals surface area (Å²) >= 11 is 5.94. The molecule has 2 saturated heterocycles. The molecule has 0 radical (unpaired) electrons. The molecule has 27 heavy (non-hydrogen) atoms. The summed E-state index contributed by atoms with van der Waals surface area (Å²) in [5, 5.41) is 4.83. The van der Waals surface area contributed by atoms with Gasteiger partial charge < -0.3 is 14.2 Å². The fourth-order valence-electron chi connectivity index (χ4n) is 3.54. The molecule has 3 heterocycles. The van der Waals surface area contributed by atoms with E-state index < -0.39 is 0 Å². The maximum Gasteiger partial charge on any atom is 0.231 e. The van der Waals surface area contributed by atoms with Crippen LogP contribution in [-0.2, 0) is 22.6 Å². The maximum atomic E-state index is 12.3. The van der Waals surface area contributed by atoms with Crippen LogP contribution >= 0.6 is 11.6 Å². The second kappa shape index (κ2) is 8.37. The van der Waals surface area contributed by atoms with Gasteiger partial charge in [-0.05, 0) is 24.1 Å². The molecular weight excluding hydrogens is 368 g/mol. The van der Waals surface area contributed by atoms with Gasteiger partial charge in [0.05, 0.1) is 25.7 Å². The van der Waals surface area contributed by atoms with Crippen molar-refractivity contribution in [3.63, 3.8) is 0 Å². The molecule has 8 heteroatoms. The number of ether oxygens (including phenoxy) is 1. The molecule has 0 spiro atoms. The van der Waals surface area contributed by atoms with Gasteiger partial charge in [-0.2, -0.15) is 4.98 Å². The molecule has 2 aliphatic rings. The third-order valence-electron chi connectivity index (χ3n) is 5.09. The highest BCUT2D eigenvalue weighted by Gasteiger charge is 2.30. The average molecular weight is 391 g/mol.